The van der Waals surface area contributed by atoms with Gasteiger partial charge in [-0.3, -0.25) is 4.79 Å². The van der Waals surface area contributed by atoms with Gasteiger partial charge >= 0.3 is 0 Å². The summed E-state index contributed by atoms with van der Waals surface area (Å²) in [7, 11) is -2.20. The fraction of sp³-hybridized carbons (Fsp3) is 0.211. The lowest BCUT2D eigenvalue weighted by atomic mass is 10.2. The van der Waals surface area contributed by atoms with E-state index in [4.69, 9.17) is 14.6 Å². The van der Waals surface area contributed by atoms with Crippen molar-refractivity contribution in [2.75, 3.05) is 19.0 Å². The third-order valence-electron chi connectivity index (χ3n) is 3.53. The van der Waals surface area contributed by atoms with Gasteiger partial charge in [-0.2, -0.15) is 0 Å². The molecule has 0 bridgehead atoms. The van der Waals surface area contributed by atoms with Crippen LogP contribution in [0, 0.1) is 0 Å². The SMILES string of the molecule is CCCOc1ccc(C=CC(=O)Nc2ccc(S(N)(=O)=O)cc2)cc1OC. The lowest BCUT2D eigenvalue weighted by Gasteiger charge is -2.10. The Hall–Kier alpha value is -2.84. The first-order valence-electron chi connectivity index (χ1n) is 8.26. The van der Waals surface area contributed by atoms with E-state index in [0.717, 1.165) is 12.0 Å². The van der Waals surface area contributed by atoms with Crippen molar-refractivity contribution in [1.82, 2.24) is 0 Å². The molecule has 0 saturated carbocycles. The van der Waals surface area contributed by atoms with Gasteiger partial charge in [0.2, 0.25) is 15.9 Å². The van der Waals surface area contributed by atoms with Gasteiger partial charge in [-0.1, -0.05) is 13.0 Å². The number of primary sulfonamides is 1. The van der Waals surface area contributed by atoms with Crippen molar-refractivity contribution in [3.63, 3.8) is 0 Å². The summed E-state index contributed by atoms with van der Waals surface area (Å²) in [5.74, 6) is 0.879. The minimum atomic E-state index is -3.76. The van der Waals surface area contributed by atoms with E-state index >= 15 is 0 Å². The Bertz CT molecular complexity index is 922. The fourth-order valence-corrected chi connectivity index (χ4v) is 2.72. The average molecular weight is 390 g/mol. The molecule has 144 valence electrons. The number of hydrogen-bond donors (Lipinski definition) is 2. The fourth-order valence-electron chi connectivity index (χ4n) is 2.20. The van der Waals surface area contributed by atoms with Crippen LogP contribution in [0.5, 0.6) is 11.5 Å². The molecule has 0 aliphatic heterocycles. The molecule has 8 heteroatoms. The van der Waals surface area contributed by atoms with E-state index in [1.54, 1.807) is 25.3 Å². The zero-order valence-corrected chi connectivity index (χ0v) is 16.0. The Labute approximate surface area is 158 Å². The summed E-state index contributed by atoms with van der Waals surface area (Å²) in [5.41, 5.74) is 1.23. The van der Waals surface area contributed by atoms with Crippen LogP contribution in [0.1, 0.15) is 18.9 Å². The van der Waals surface area contributed by atoms with Crippen LogP contribution in [-0.4, -0.2) is 28.0 Å². The smallest absolute Gasteiger partial charge is 0.248 e. The maximum Gasteiger partial charge on any atom is 0.248 e. The van der Waals surface area contributed by atoms with E-state index in [0.29, 0.717) is 23.8 Å². The highest BCUT2D eigenvalue weighted by atomic mass is 32.2. The van der Waals surface area contributed by atoms with Crippen molar-refractivity contribution in [3.05, 3.63) is 54.1 Å². The Balaban J connectivity index is 2.03. The summed E-state index contributed by atoms with van der Waals surface area (Å²) in [6.45, 7) is 2.61. The number of hydrogen-bond acceptors (Lipinski definition) is 5. The molecule has 1 amide bonds. The molecule has 0 spiro atoms. The number of carbonyl (C=O) groups is 1. The maximum absolute atomic E-state index is 12.0. The molecule has 0 aromatic heterocycles. The Kier molecular flexibility index (Phi) is 6.98. The lowest BCUT2D eigenvalue weighted by Crippen LogP contribution is -2.12. The number of methoxy groups -OCH3 is 1. The quantitative estimate of drug-likeness (QED) is 0.674. The highest BCUT2D eigenvalue weighted by Gasteiger charge is 2.08. The highest BCUT2D eigenvalue weighted by molar-refractivity contribution is 7.89. The molecule has 7 nitrogen and oxygen atoms in total. The van der Waals surface area contributed by atoms with E-state index in [9.17, 15) is 13.2 Å². The van der Waals surface area contributed by atoms with Crippen LogP contribution in [0.4, 0.5) is 5.69 Å². The summed E-state index contributed by atoms with van der Waals surface area (Å²) in [5, 5.41) is 7.68. The molecule has 0 aliphatic rings. The molecule has 2 rings (SSSR count). The summed E-state index contributed by atoms with van der Waals surface area (Å²) < 4.78 is 33.3. The van der Waals surface area contributed by atoms with Crippen molar-refractivity contribution >= 4 is 27.7 Å². The normalized spacial score (nSPS) is 11.4. The van der Waals surface area contributed by atoms with Gasteiger partial charge in [0.25, 0.3) is 0 Å². The summed E-state index contributed by atoms with van der Waals surface area (Å²) in [4.78, 5) is 12.0. The second-order valence-electron chi connectivity index (χ2n) is 5.65. The predicted molar refractivity (Wildman–Crippen MR) is 104 cm³/mol. The van der Waals surface area contributed by atoms with E-state index in [1.165, 1.54) is 30.3 Å². The van der Waals surface area contributed by atoms with Crippen LogP contribution < -0.4 is 19.9 Å². The number of anilines is 1. The first-order chi connectivity index (χ1) is 12.8. The molecule has 0 unspecified atom stereocenters. The summed E-state index contributed by atoms with van der Waals surface area (Å²) >= 11 is 0. The van der Waals surface area contributed by atoms with E-state index < -0.39 is 10.0 Å². The molecule has 0 radical (unpaired) electrons. The Morgan fingerprint density at radius 2 is 1.85 bits per heavy atom. The minimum absolute atomic E-state index is 0.0199. The number of sulfonamides is 1. The van der Waals surface area contributed by atoms with Crippen LogP contribution in [0.3, 0.4) is 0 Å². The van der Waals surface area contributed by atoms with Gasteiger partial charge in [0.15, 0.2) is 11.5 Å². The van der Waals surface area contributed by atoms with Crippen molar-refractivity contribution < 1.29 is 22.7 Å². The monoisotopic (exact) mass is 390 g/mol. The number of benzene rings is 2. The lowest BCUT2D eigenvalue weighted by molar-refractivity contribution is -0.111. The van der Waals surface area contributed by atoms with Gasteiger partial charge in [0.05, 0.1) is 18.6 Å². The van der Waals surface area contributed by atoms with Crippen molar-refractivity contribution in [1.29, 1.82) is 0 Å². The third-order valence-corrected chi connectivity index (χ3v) is 4.46. The number of nitrogens with one attached hydrogen (secondary N) is 1. The van der Waals surface area contributed by atoms with Crippen LogP contribution in [-0.2, 0) is 14.8 Å². The van der Waals surface area contributed by atoms with Crippen LogP contribution in [0.2, 0.25) is 0 Å². The summed E-state index contributed by atoms with van der Waals surface area (Å²) in [6, 6.07) is 11.0. The van der Waals surface area contributed by atoms with Gasteiger partial charge < -0.3 is 14.8 Å². The molecule has 0 saturated heterocycles. The zero-order chi connectivity index (χ0) is 19.9. The molecule has 0 heterocycles. The second-order valence-corrected chi connectivity index (χ2v) is 7.21. The van der Waals surface area contributed by atoms with Gasteiger partial charge in [-0.15, -0.1) is 0 Å². The molecule has 27 heavy (non-hydrogen) atoms. The first-order valence-corrected chi connectivity index (χ1v) is 9.81. The molecule has 0 aliphatic carbocycles. The van der Waals surface area contributed by atoms with E-state index in [1.807, 2.05) is 13.0 Å². The Morgan fingerprint density at radius 1 is 1.15 bits per heavy atom. The predicted octanol–water partition coefficient (Wildman–Crippen LogP) is 2.78. The van der Waals surface area contributed by atoms with Crippen molar-refractivity contribution in [2.45, 2.75) is 18.2 Å². The third kappa shape index (κ3) is 6.12. The number of nitrogens with two attached hydrogens (primary N) is 1. The zero-order valence-electron chi connectivity index (χ0n) is 15.1. The van der Waals surface area contributed by atoms with Crippen LogP contribution in [0.15, 0.2) is 53.4 Å². The molecular formula is C19H22N2O5S. The minimum Gasteiger partial charge on any atom is -0.493 e. The van der Waals surface area contributed by atoms with E-state index in [-0.39, 0.29) is 10.8 Å². The van der Waals surface area contributed by atoms with Crippen LogP contribution in [0.25, 0.3) is 6.08 Å². The molecule has 2 aromatic rings. The molecule has 3 N–H and O–H groups in total. The average Bonchev–Trinajstić information content (AvgIpc) is 2.64. The van der Waals surface area contributed by atoms with Crippen molar-refractivity contribution in [3.8, 4) is 11.5 Å². The standard InChI is InChI=1S/C19H22N2O5S/c1-3-12-26-17-10-4-14(13-18(17)25-2)5-11-19(22)21-15-6-8-16(9-7-15)27(20,23)24/h4-11,13H,3,12H2,1-2H3,(H,21,22)(H2,20,23,24). The molecule has 0 atom stereocenters. The largest absolute Gasteiger partial charge is 0.493 e. The van der Waals surface area contributed by atoms with Gasteiger partial charge in [0, 0.05) is 11.8 Å². The number of rotatable bonds is 8. The molecule has 2 aromatic carbocycles. The molecular weight excluding hydrogens is 368 g/mol. The van der Waals surface area contributed by atoms with Crippen LogP contribution >= 0.6 is 0 Å². The number of amides is 1. The van der Waals surface area contributed by atoms with Crippen molar-refractivity contribution in [2.24, 2.45) is 5.14 Å². The topological polar surface area (TPSA) is 108 Å². The second kappa shape index (κ2) is 9.20. The number of carbonyl (C=O) groups excluding carboxylic acids is 1. The number of ether oxygens (including phenoxy) is 2. The Morgan fingerprint density at radius 3 is 2.44 bits per heavy atom. The van der Waals surface area contributed by atoms with Gasteiger partial charge in [-0.25, -0.2) is 13.6 Å². The summed E-state index contributed by atoms with van der Waals surface area (Å²) in [6.07, 6.45) is 3.90. The van der Waals surface area contributed by atoms with Gasteiger partial charge in [0.1, 0.15) is 0 Å². The van der Waals surface area contributed by atoms with Gasteiger partial charge in [-0.05, 0) is 54.5 Å². The van der Waals surface area contributed by atoms with E-state index in [2.05, 4.69) is 5.32 Å². The molecule has 0 fully saturated rings. The first kappa shape index (κ1) is 20.5. The maximum atomic E-state index is 12.0. The highest BCUT2D eigenvalue weighted by Crippen LogP contribution is 2.28.